The molecule has 10 atom stereocenters. The van der Waals surface area contributed by atoms with Crippen LogP contribution >= 0.6 is 0 Å². The van der Waals surface area contributed by atoms with Crippen LogP contribution in [-0.4, -0.2) is 95.4 Å². The van der Waals surface area contributed by atoms with Gasteiger partial charge in [-0.1, -0.05) is 57.2 Å². The molecule has 1 saturated heterocycles. The van der Waals surface area contributed by atoms with Gasteiger partial charge in [0.25, 0.3) is 0 Å². The molecule has 6 rings (SSSR count). The van der Waals surface area contributed by atoms with E-state index in [1.807, 2.05) is 0 Å². The van der Waals surface area contributed by atoms with E-state index < -0.39 is 100 Å². The summed E-state index contributed by atoms with van der Waals surface area (Å²) in [7, 11) is 0. The summed E-state index contributed by atoms with van der Waals surface area (Å²) in [5.41, 5.74) is -6.41. The highest BCUT2D eigenvalue weighted by Gasteiger charge is 2.79. The normalized spacial score (nSPS) is 34.1. The molecule has 10 unspecified atom stereocenters. The van der Waals surface area contributed by atoms with Gasteiger partial charge in [0.15, 0.2) is 17.8 Å². The van der Waals surface area contributed by atoms with Gasteiger partial charge in [0.2, 0.25) is 0 Å². The van der Waals surface area contributed by atoms with Crippen molar-refractivity contribution in [2.24, 2.45) is 16.7 Å². The second kappa shape index (κ2) is 14.8. The van der Waals surface area contributed by atoms with Crippen molar-refractivity contribution in [3.8, 4) is 0 Å². The fourth-order valence-electron chi connectivity index (χ4n) is 9.74. The lowest BCUT2D eigenvalue weighted by Gasteiger charge is -2.69. The molecule has 300 valence electrons. The maximum atomic E-state index is 14.3. The van der Waals surface area contributed by atoms with E-state index in [4.69, 9.17) is 33.2 Å². The summed E-state index contributed by atoms with van der Waals surface area (Å²) in [6, 6.07) is 16.1. The number of fused-ring (bicyclic) bond motifs is 5. The van der Waals surface area contributed by atoms with Gasteiger partial charge in [0.05, 0.1) is 29.1 Å². The van der Waals surface area contributed by atoms with Crippen molar-refractivity contribution in [1.29, 1.82) is 0 Å². The predicted molar refractivity (Wildman–Crippen MR) is 194 cm³/mol. The average molecular weight is 777 g/mol. The summed E-state index contributed by atoms with van der Waals surface area (Å²) in [6.07, 6.45) is -8.65. The molecule has 14 nitrogen and oxygen atoms in total. The summed E-state index contributed by atoms with van der Waals surface area (Å²) < 4.78 is 43.4. The van der Waals surface area contributed by atoms with E-state index in [0.717, 1.165) is 6.92 Å². The molecule has 14 heteroatoms. The standard InChI is InChI=1S/C42H48O14/c1-22-29(51-23(2)43)20-42(49)36(55-38(48)28-17-13-10-14-18-28)34-40(8,30(52-24(3)44)19-31-41(34,21-50-31)56-26(5)46)35(53-25(4)45)33(32(22)39(42,6)7)54-37(47)27-15-11-9-12-16-27/h9-18,29-31,33-36,49H,19-21H2,1-8H3. The second-order valence-corrected chi connectivity index (χ2v) is 15.9. The maximum Gasteiger partial charge on any atom is 0.338 e. The van der Waals surface area contributed by atoms with Crippen LogP contribution in [-0.2, 0) is 52.3 Å². The van der Waals surface area contributed by atoms with Crippen molar-refractivity contribution < 1.29 is 67.0 Å². The number of rotatable bonds is 8. The molecule has 56 heavy (non-hydrogen) atoms. The molecule has 2 bridgehead atoms. The molecule has 1 heterocycles. The Morgan fingerprint density at radius 2 is 1.23 bits per heavy atom. The van der Waals surface area contributed by atoms with Crippen molar-refractivity contribution in [2.75, 3.05) is 6.61 Å². The van der Waals surface area contributed by atoms with Gasteiger partial charge in [-0.25, -0.2) is 9.59 Å². The van der Waals surface area contributed by atoms with Gasteiger partial charge in [0, 0.05) is 46.0 Å². The molecular weight excluding hydrogens is 728 g/mol. The number of ether oxygens (including phenoxy) is 7. The van der Waals surface area contributed by atoms with Gasteiger partial charge in [-0.15, -0.1) is 0 Å². The second-order valence-electron chi connectivity index (χ2n) is 15.9. The Morgan fingerprint density at radius 1 is 0.696 bits per heavy atom. The van der Waals surface area contributed by atoms with E-state index in [1.54, 1.807) is 64.1 Å². The first kappa shape index (κ1) is 40.6. The third-order valence-electron chi connectivity index (χ3n) is 12.2. The SMILES string of the molecule is CC(=O)OC1CC2(O)C(OC(=O)c3ccccc3)C3C4(OC(C)=O)COC4CC(OC(C)=O)C3(C)C(OC(C)=O)C(OC(=O)c3ccccc3)C(=C1C)C2(C)C. The van der Waals surface area contributed by atoms with Gasteiger partial charge < -0.3 is 38.3 Å². The Kier molecular flexibility index (Phi) is 10.7. The fraction of sp³-hybridized carbons (Fsp3) is 0.524. The monoisotopic (exact) mass is 776 g/mol. The summed E-state index contributed by atoms with van der Waals surface area (Å²) in [5.74, 6) is -6.06. The van der Waals surface area contributed by atoms with Crippen LogP contribution in [0.1, 0.15) is 88.9 Å². The Labute approximate surface area is 324 Å². The summed E-state index contributed by atoms with van der Waals surface area (Å²) in [4.78, 5) is 80.8. The predicted octanol–water partition coefficient (Wildman–Crippen LogP) is 4.45. The van der Waals surface area contributed by atoms with Gasteiger partial charge in [-0.3, -0.25) is 19.2 Å². The first-order valence-electron chi connectivity index (χ1n) is 18.6. The smallest absolute Gasteiger partial charge is 0.338 e. The zero-order valence-corrected chi connectivity index (χ0v) is 32.7. The van der Waals surface area contributed by atoms with Crippen LogP contribution in [0.4, 0.5) is 0 Å². The Bertz CT molecular complexity index is 1940. The zero-order chi connectivity index (χ0) is 41.0. The Balaban J connectivity index is 1.74. The minimum Gasteiger partial charge on any atom is -0.462 e. The van der Waals surface area contributed by atoms with E-state index in [2.05, 4.69) is 0 Å². The minimum absolute atomic E-state index is 0.0910. The fourth-order valence-corrected chi connectivity index (χ4v) is 9.74. The lowest BCUT2D eigenvalue weighted by molar-refractivity contribution is -0.365. The van der Waals surface area contributed by atoms with E-state index >= 15 is 0 Å². The van der Waals surface area contributed by atoms with Crippen molar-refractivity contribution in [3.63, 3.8) is 0 Å². The minimum atomic E-state index is -2.23. The third kappa shape index (κ3) is 6.66. The highest BCUT2D eigenvalue weighted by Crippen LogP contribution is 2.66. The number of esters is 6. The maximum absolute atomic E-state index is 14.3. The van der Waals surface area contributed by atoms with Gasteiger partial charge in [-0.05, 0) is 42.3 Å². The third-order valence-corrected chi connectivity index (χ3v) is 12.2. The topological polar surface area (TPSA) is 187 Å². The van der Waals surface area contributed by atoms with Crippen LogP contribution in [0, 0.1) is 16.7 Å². The molecule has 0 spiro atoms. The quantitative estimate of drug-likeness (QED) is 0.225. The van der Waals surface area contributed by atoms with E-state index in [1.165, 1.54) is 45.0 Å². The summed E-state index contributed by atoms with van der Waals surface area (Å²) in [6.45, 7) is 11.1. The Hall–Kier alpha value is -5.08. The summed E-state index contributed by atoms with van der Waals surface area (Å²) in [5, 5.41) is 13.7. The van der Waals surface area contributed by atoms with E-state index in [-0.39, 0.29) is 36.1 Å². The molecule has 2 aromatic rings. The molecule has 2 aromatic carbocycles. The zero-order valence-electron chi connectivity index (χ0n) is 32.7. The molecule has 0 aromatic heterocycles. The van der Waals surface area contributed by atoms with Crippen molar-refractivity contribution >= 4 is 35.8 Å². The van der Waals surface area contributed by atoms with Gasteiger partial charge in [-0.2, -0.15) is 0 Å². The number of benzene rings is 2. The number of hydrogen-bond acceptors (Lipinski definition) is 14. The van der Waals surface area contributed by atoms with E-state index in [0.29, 0.717) is 5.57 Å². The van der Waals surface area contributed by atoms with Crippen LogP contribution in [0.15, 0.2) is 71.8 Å². The van der Waals surface area contributed by atoms with Crippen LogP contribution in [0.2, 0.25) is 0 Å². The number of hydrogen-bond donors (Lipinski definition) is 1. The highest BCUT2D eigenvalue weighted by molar-refractivity contribution is 5.90. The molecule has 0 radical (unpaired) electrons. The molecule has 4 aliphatic rings. The first-order chi connectivity index (χ1) is 26.3. The lowest BCUT2D eigenvalue weighted by atomic mass is 9.44. The molecule has 1 aliphatic heterocycles. The van der Waals surface area contributed by atoms with Crippen molar-refractivity contribution in [2.45, 2.75) is 116 Å². The van der Waals surface area contributed by atoms with Crippen LogP contribution < -0.4 is 0 Å². The van der Waals surface area contributed by atoms with Crippen LogP contribution in [0.3, 0.4) is 0 Å². The summed E-state index contributed by atoms with van der Waals surface area (Å²) >= 11 is 0. The number of carbonyl (C=O) groups is 6. The molecule has 3 fully saturated rings. The largest absolute Gasteiger partial charge is 0.462 e. The molecule has 3 aliphatic carbocycles. The Morgan fingerprint density at radius 3 is 1.71 bits per heavy atom. The van der Waals surface area contributed by atoms with Gasteiger partial charge in [0.1, 0.15) is 30.0 Å². The highest BCUT2D eigenvalue weighted by atomic mass is 16.6. The number of aliphatic hydroxyl groups is 1. The first-order valence-corrected chi connectivity index (χ1v) is 18.6. The van der Waals surface area contributed by atoms with E-state index in [9.17, 15) is 33.9 Å². The van der Waals surface area contributed by atoms with Gasteiger partial charge >= 0.3 is 35.8 Å². The molecule has 0 amide bonds. The lowest BCUT2D eigenvalue weighted by Crippen LogP contribution is -2.83. The van der Waals surface area contributed by atoms with Crippen LogP contribution in [0.25, 0.3) is 0 Å². The molecule has 1 N–H and O–H groups in total. The van der Waals surface area contributed by atoms with Crippen molar-refractivity contribution in [3.05, 3.63) is 82.9 Å². The van der Waals surface area contributed by atoms with Crippen molar-refractivity contribution in [1.82, 2.24) is 0 Å². The number of carbonyl (C=O) groups excluding carboxylic acids is 6. The van der Waals surface area contributed by atoms with Crippen LogP contribution in [0.5, 0.6) is 0 Å². The molecular formula is C42H48O14. The molecule has 2 saturated carbocycles. The average Bonchev–Trinajstić information content (AvgIpc) is 3.12.